The van der Waals surface area contributed by atoms with Gasteiger partial charge in [0.2, 0.25) is 0 Å². The Labute approximate surface area is 217 Å². The van der Waals surface area contributed by atoms with Gasteiger partial charge >= 0.3 is 12.0 Å². The van der Waals surface area contributed by atoms with E-state index in [4.69, 9.17) is 9.47 Å². The minimum absolute atomic E-state index is 0.0132. The molecule has 37 heavy (non-hydrogen) atoms. The summed E-state index contributed by atoms with van der Waals surface area (Å²) in [5.41, 5.74) is 2.32. The lowest BCUT2D eigenvalue weighted by Crippen LogP contribution is -2.49. The monoisotopic (exact) mass is 506 g/mol. The van der Waals surface area contributed by atoms with E-state index >= 15 is 0 Å². The second kappa shape index (κ2) is 11.9. The van der Waals surface area contributed by atoms with Gasteiger partial charge in [-0.1, -0.05) is 36.4 Å². The van der Waals surface area contributed by atoms with Crippen LogP contribution in [0.1, 0.15) is 35.3 Å². The normalized spacial score (nSPS) is 18.8. The van der Waals surface area contributed by atoms with E-state index in [0.717, 1.165) is 13.0 Å². The Morgan fingerprint density at radius 3 is 2.46 bits per heavy atom. The average molecular weight is 507 g/mol. The molecule has 0 radical (unpaired) electrons. The van der Waals surface area contributed by atoms with E-state index in [0.29, 0.717) is 54.3 Å². The lowest BCUT2D eigenvalue weighted by atomic mass is 9.93. The summed E-state index contributed by atoms with van der Waals surface area (Å²) in [4.78, 5) is 44.8. The van der Waals surface area contributed by atoms with E-state index in [2.05, 4.69) is 10.2 Å². The van der Waals surface area contributed by atoms with E-state index in [-0.39, 0.29) is 18.5 Å². The number of urea groups is 1. The Morgan fingerprint density at radius 2 is 1.73 bits per heavy atom. The second-order valence-electron chi connectivity index (χ2n) is 9.05. The quantitative estimate of drug-likeness (QED) is 0.581. The van der Waals surface area contributed by atoms with Crippen molar-refractivity contribution in [3.8, 4) is 5.75 Å². The van der Waals surface area contributed by atoms with E-state index < -0.39 is 12.0 Å². The lowest BCUT2D eigenvalue weighted by Gasteiger charge is -2.37. The van der Waals surface area contributed by atoms with Crippen LogP contribution in [0.5, 0.6) is 5.75 Å². The molecule has 9 heteroatoms. The van der Waals surface area contributed by atoms with Gasteiger partial charge in [-0.2, -0.15) is 0 Å². The first-order valence-electron chi connectivity index (χ1n) is 12.6. The van der Waals surface area contributed by atoms with Crippen LogP contribution in [0.15, 0.2) is 65.9 Å². The molecule has 2 aliphatic rings. The topological polar surface area (TPSA) is 91.4 Å². The Balaban J connectivity index is 1.62. The van der Waals surface area contributed by atoms with Crippen LogP contribution in [0.4, 0.5) is 4.79 Å². The van der Waals surface area contributed by atoms with Crippen LogP contribution < -0.4 is 10.1 Å². The van der Waals surface area contributed by atoms with Gasteiger partial charge in [0.1, 0.15) is 5.75 Å². The zero-order chi connectivity index (χ0) is 26.4. The number of esters is 1. The standard InChI is InChI=1S/C28H34N4O5/c1-4-37-27(34)24-22(30(2)28(35)29-25(24)21-13-8-9-14-23(21)36-3)19-31-15-10-16-32(18-17-31)26(33)20-11-6-5-7-12-20/h5-9,11-14,25H,4,10,15-19H2,1-3H3,(H,29,35). The van der Waals surface area contributed by atoms with Gasteiger partial charge in [0.25, 0.3) is 5.91 Å². The molecule has 2 aliphatic heterocycles. The maximum atomic E-state index is 13.3. The van der Waals surface area contributed by atoms with Crippen LogP contribution >= 0.6 is 0 Å². The summed E-state index contributed by atoms with van der Waals surface area (Å²) < 4.78 is 11.0. The third-order valence-corrected chi connectivity index (χ3v) is 6.79. The molecular formula is C28H34N4O5. The highest BCUT2D eigenvalue weighted by Gasteiger charge is 2.38. The minimum atomic E-state index is -0.711. The minimum Gasteiger partial charge on any atom is -0.496 e. The number of amides is 3. The fourth-order valence-corrected chi connectivity index (χ4v) is 4.84. The molecule has 0 aromatic heterocycles. The molecular weight excluding hydrogens is 472 g/mol. The molecule has 1 N–H and O–H groups in total. The number of hydrogen-bond donors (Lipinski definition) is 1. The average Bonchev–Trinajstić information content (AvgIpc) is 3.16. The van der Waals surface area contributed by atoms with Crippen molar-refractivity contribution in [2.24, 2.45) is 0 Å². The molecule has 4 rings (SSSR count). The van der Waals surface area contributed by atoms with Crippen molar-refractivity contribution < 1.29 is 23.9 Å². The molecule has 1 atom stereocenters. The Bertz CT molecular complexity index is 1170. The summed E-state index contributed by atoms with van der Waals surface area (Å²) in [6.07, 6.45) is 0.784. The molecule has 196 valence electrons. The number of hydrogen-bond acceptors (Lipinski definition) is 6. The first-order chi connectivity index (χ1) is 17.9. The van der Waals surface area contributed by atoms with Gasteiger partial charge in [0.15, 0.2) is 0 Å². The molecule has 9 nitrogen and oxygen atoms in total. The molecule has 0 aliphatic carbocycles. The third-order valence-electron chi connectivity index (χ3n) is 6.79. The Morgan fingerprint density at radius 1 is 1.00 bits per heavy atom. The lowest BCUT2D eigenvalue weighted by molar-refractivity contribution is -0.139. The highest BCUT2D eigenvalue weighted by Crippen LogP contribution is 2.35. The molecule has 1 unspecified atom stereocenters. The largest absolute Gasteiger partial charge is 0.496 e. The van der Waals surface area contributed by atoms with Crippen LogP contribution in [0.3, 0.4) is 0 Å². The zero-order valence-corrected chi connectivity index (χ0v) is 21.6. The number of benzene rings is 2. The number of rotatable bonds is 7. The van der Waals surface area contributed by atoms with Gasteiger partial charge in [-0.25, -0.2) is 9.59 Å². The summed E-state index contributed by atoms with van der Waals surface area (Å²) in [5, 5.41) is 2.94. The molecule has 2 heterocycles. The summed E-state index contributed by atoms with van der Waals surface area (Å²) >= 11 is 0. The summed E-state index contributed by atoms with van der Waals surface area (Å²) in [6, 6.07) is 15.6. The highest BCUT2D eigenvalue weighted by molar-refractivity contribution is 5.95. The fraction of sp³-hybridized carbons (Fsp3) is 0.393. The van der Waals surface area contributed by atoms with Gasteiger partial charge in [0.05, 0.1) is 25.3 Å². The number of ether oxygens (including phenoxy) is 2. The van der Waals surface area contributed by atoms with Crippen molar-refractivity contribution in [2.45, 2.75) is 19.4 Å². The molecule has 2 aromatic rings. The van der Waals surface area contributed by atoms with Crippen LogP contribution in [-0.4, -0.2) is 86.1 Å². The van der Waals surface area contributed by atoms with E-state index in [1.54, 1.807) is 27.1 Å². The SMILES string of the molecule is CCOC(=O)C1=C(CN2CCCN(C(=O)c3ccccc3)CC2)N(C)C(=O)NC1c1ccccc1OC. The summed E-state index contributed by atoms with van der Waals surface area (Å²) in [6.45, 7) is 4.90. The number of likely N-dealkylation sites (N-methyl/N-ethyl adjacent to an activating group) is 1. The Kier molecular flexibility index (Phi) is 8.45. The molecule has 2 aromatic carbocycles. The van der Waals surface area contributed by atoms with Gasteiger partial charge in [-0.05, 0) is 31.5 Å². The van der Waals surface area contributed by atoms with Crippen LogP contribution in [0, 0.1) is 0 Å². The highest BCUT2D eigenvalue weighted by atomic mass is 16.5. The predicted octanol–water partition coefficient (Wildman–Crippen LogP) is 3.06. The molecule has 3 amide bonds. The smallest absolute Gasteiger partial charge is 0.338 e. The number of para-hydroxylation sites is 1. The summed E-state index contributed by atoms with van der Waals surface area (Å²) in [7, 11) is 3.22. The van der Waals surface area contributed by atoms with Crippen LogP contribution in [0.25, 0.3) is 0 Å². The van der Waals surface area contributed by atoms with E-state index in [1.807, 2.05) is 53.4 Å². The zero-order valence-electron chi connectivity index (χ0n) is 21.6. The molecule has 0 bridgehead atoms. The van der Waals surface area contributed by atoms with E-state index in [9.17, 15) is 14.4 Å². The number of carbonyl (C=O) groups is 3. The van der Waals surface area contributed by atoms with Crippen molar-refractivity contribution in [3.05, 3.63) is 77.0 Å². The van der Waals surface area contributed by atoms with Gasteiger partial charge in [-0.15, -0.1) is 0 Å². The number of nitrogens with zero attached hydrogens (tertiary/aromatic N) is 3. The maximum Gasteiger partial charge on any atom is 0.338 e. The maximum absolute atomic E-state index is 13.3. The van der Waals surface area contributed by atoms with Gasteiger partial charge in [0, 0.05) is 56.6 Å². The van der Waals surface area contributed by atoms with Crippen LogP contribution in [0.2, 0.25) is 0 Å². The van der Waals surface area contributed by atoms with Gasteiger partial charge < -0.3 is 19.7 Å². The van der Waals surface area contributed by atoms with Crippen molar-refractivity contribution in [1.82, 2.24) is 20.0 Å². The fourth-order valence-electron chi connectivity index (χ4n) is 4.84. The van der Waals surface area contributed by atoms with Crippen molar-refractivity contribution in [2.75, 3.05) is 53.5 Å². The number of nitrogens with one attached hydrogen (secondary N) is 1. The second-order valence-corrected chi connectivity index (χ2v) is 9.05. The third kappa shape index (κ3) is 5.77. The number of carbonyl (C=O) groups excluding carboxylic acids is 3. The predicted molar refractivity (Wildman–Crippen MR) is 139 cm³/mol. The molecule has 0 spiro atoms. The first kappa shape index (κ1) is 26.2. The van der Waals surface area contributed by atoms with Crippen LogP contribution in [-0.2, 0) is 9.53 Å². The molecule has 1 saturated heterocycles. The molecule has 1 fully saturated rings. The summed E-state index contributed by atoms with van der Waals surface area (Å²) in [5.74, 6) is 0.110. The number of methoxy groups -OCH3 is 1. The van der Waals surface area contributed by atoms with E-state index in [1.165, 1.54) is 4.90 Å². The van der Waals surface area contributed by atoms with Crippen molar-refractivity contribution >= 4 is 17.9 Å². The van der Waals surface area contributed by atoms with Crippen molar-refractivity contribution in [1.29, 1.82) is 0 Å². The first-order valence-corrected chi connectivity index (χ1v) is 12.6. The van der Waals surface area contributed by atoms with Gasteiger partial charge in [-0.3, -0.25) is 14.6 Å². The Hall–Kier alpha value is -3.85. The molecule has 0 saturated carbocycles. The van der Waals surface area contributed by atoms with Crippen molar-refractivity contribution in [3.63, 3.8) is 0 Å².